The number of rotatable bonds is 3. The summed E-state index contributed by atoms with van der Waals surface area (Å²) in [7, 11) is 0. The van der Waals surface area contributed by atoms with Crippen LogP contribution in [0.3, 0.4) is 0 Å². The molecular formula is C35H31NO3. The van der Waals surface area contributed by atoms with Gasteiger partial charge in [-0.1, -0.05) is 42.5 Å². The standard InChI is InChI=1S/C35H31NO3/c1-6-36-31-14-12-23(16-28(31)21(2)20-35(36,4)5)11-13-27-17-26(15-22(3)39-27)32-33(37)29-18-24-9-7-8-10-25(24)19-30(29)34(32)38/h7-20H,6H2,1-5H3. The van der Waals surface area contributed by atoms with E-state index in [0.717, 1.165) is 22.9 Å². The van der Waals surface area contributed by atoms with Crippen molar-refractivity contribution in [1.82, 2.24) is 0 Å². The van der Waals surface area contributed by atoms with E-state index in [2.05, 4.69) is 56.9 Å². The van der Waals surface area contributed by atoms with Gasteiger partial charge in [0.25, 0.3) is 0 Å². The monoisotopic (exact) mass is 513 g/mol. The molecule has 0 radical (unpaired) electrons. The number of ketones is 2. The van der Waals surface area contributed by atoms with Gasteiger partial charge in [0, 0.05) is 28.9 Å². The number of carbonyl (C=O) groups is 2. The molecule has 6 rings (SSSR count). The van der Waals surface area contributed by atoms with Crippen LogP contribution >= 0.6 is 0 Å². The molecule has 3 aliphatic rings. The number of allylic oxidation sites excluding steroid dienone is 7. The average Bonchev–Trinajstić information content (AvgIpc) is 3.14. The molecule has 0 unspecified atom stereocenters. The van der Waals surface area contributed by atoms with Crippen LogP contribution in [-0.2, 0) is 4.74 Å². The van der Waals surface area contributed by atoms with Crippen LogP contribution in [0.1, 0.15) is 66.5 Å². The normalized spacial score (nSPS) is 18.2. The molecule has 3 aromatic carbocycles. The van der Waals surface area contributed by atoms with E-state index in [4.69, 9.17) is 4.74 Å². The van der Waals surface area contributed by atoms with Crippen LogP contribution in [0.15, 0.2) is 102 Å². The molecule has 4 nitrogen and oxygen atoms in total. The van der Waals surface area contributed by atoms with Gasteiger partial charge in [-0.3, -0.25) is 9.59 Å². The Morgan fingerprint density at radius 3 is 2.15 bits per heavy atom. The van der Waals surface area contributed by atoms with E-state index < -0.39 is 0 Å². The molecule has 2 heterocycles. The van der Waals surface area contributed by atoms with Gasteiger partial charge in [0.15, 0.2) is 11.6 Å². The minimum absolute atomic E-state index is 0.0286. The van der Waals surface area contributed by atoms with Gasteiger partial charge in [0.2, 0.25) is 0 Å². The van der Waals surface area contributed by atoms with Crippen LogP contribution < -0.4 is 4.90 Å². The molecule has 0 fully saturated rings. The predicted molar refractivity (Wildman–Crippen MR) is 159 cm³/mol. The summed E-state index contributed by atoms with van der Waals surface area (Å²) in [5, 5.41) is 1.89. The molecular weight excluding hydrogens is 482 g/mol. The third kappa shape index (κ3) is 4.17. The Kier molecular flexibility index (Phi) is 5.80. The number of anilines is 1. The van der Waals surface area contributed by atoms with Crippen LogP contribution in [0, 0.1) is 0 Å². The van der Waals surface area contributed by atoms with Crippen molar-refractivity contribution in [1.29, 1.82) is 0 Å². The number of benzene rings is 3. The van der Waals surface area contributed by atoms with Crippen molar-refractivity contribution < 1.29 is 14.3 Å². The summed E-state index contributed by atoms with van der Waals surface area (Å²) in [5.74, 6) is 0.746. The Morgan fingerprint density at radius 1 is 0.846 bits per heavy atom. The molecule has 39 heavy (non-hydrogen) atoms. The number of hydrogen-bond acceptors (Lipinski definition) is 4. The number of nitrogens with zero attached hydrogens (tertiary/aromatic N) is 1. The Bertz CT molecular complexity index is 1690. The van der Waals surface area contributed by atoms with Crippen molar-refractivity contribution in [3.63, 3.8) is 0 Å². The lowest BCUT2D eigenvalue weighted by molar-refractivity contribution is 0.0988. The fraction of sp³-hybridized carbons (Fsp3) is 0.200. The van der Waals surface area contributed by atoms with Gasteiger partial charge in [0.1, 0.15) is 11.5 Å². The Hall–Kier alpha value is -4.44. The number of carbonyl (C=O) groups excluding carboxylic acids is 2. The average molecular weight is 514 g/mol. The highest BCUT2D eigenvalue weighted by Crippen LogP contribution is 2.39. The summed E-state index contributed by atoms with van der Waals surface area (Å²) in [6.45, 7) is 11.6. The van der Waals surface area contributed by atoms with E-state index in [1.54, 1.807) is 12.2 Å². The van der Waals surface area contributed by atoms with Crippen molar-refractivity contribution in [3.8, 4) is 0 Å². The first-order valence-corrected chi connectivity index (χ1v) is 13.4. The van der Waals surface area contributed by atoms with Crippen molar-refractivity contribution in [2.75, 3.05) is 11.4 Å². The van der Waals surface area contributed by atoms with Crippen LogP contribution in [-0.4, -0.2) is 23.7 Å². The van der Waals surface area contributed by atoms with Crippen LogP contribution in [0.5, 0.6) is 0 Å². The maximum absolute atomic E-state index is 13.4. The van der Waals surface area contributed by atoms with Crippen LogP contribution in [0.4, 0.5) is 5.69 Å². The van der Waals surface area contributed by atoms with E-state index in [9.17, 15) is 9.59 Å². The van der Waals surface area contributed by atoms with Crippen molar-refractivity contribution in [3.05, 3.63) is 124 Å². The molecule has 1 aliphatic carbocycles. The second-order valence-electron chi connectivity index (χ2n) is 11.0. The van der Waals surface area contributed by atoms with Crippen LogP contribution in [0.25, 0.3) is 22.4 Å². The molecule has 0 amide bonds. The molecule has 0 saturated heterocycles. The first-order chi connectivity index (χ1) is 18.7. The lowest BCUT2D eigenvalue weighted by Gasteiger charge is -2.42. The highest BCUT2D eigenvalue weighted by atomic mass is 16.5. The molecule has 0 atom stereocenters. The lowest BCUT2D eigenvalue weighted by Crippen LogP contribution is -2.44. The van der Waals surface area contributed by atoms with Gasteiger partial charge in [-0.15, -0.1) is 0 Å². The van der Waals surface area contributed by atoms with E-state index in [0.29, 0.717) is 28.2 Å². The van der Waals surface area contributed by atoms with Crippen molar-refractivity contribution in [2.24, 2.45) is 0 Å². The van der Waals surface area contributed by atoms with Crippen molar-refractivity contribution in [2.45, 2.75) is 40.2 Å². The summed E-state index contributed by atoms with van der Waals surface area (Å²) in [5.41, 5.74) is 6.46. The first kappa shape index (κ1) is 24.9. The second kappa shape index (κ2) is 9.09. The Labute approximate surface area is 229 Å². The third-order valence-electron chi connectivity index (χ3n) is 7.81. The zero-order chi connectivity index (χ0) is 27.5. The van der Waals surface area contributed by atoms with Crippen LogP contribution in [0.2, 0.25) is 0 Å². The predicted octanol–water partition coefficient (Wildman–Crippen LogP) is 8.07. The number of hydrogen-bond donors (Lipinski definition) is 0. The Balaban J connectivity index is 1.35. The van der Waals surface area contributed by atoms with Gasteiger partial charge in [0.05, 0.1) is 11.1 Å². The molecule has 0 bridgehead atoms. The summed E-state index contributed by atoms with van der Waals surface area (Å²) in [6, 6.07) is 17.9. The van der Waals surface area contributed by atoms with Gasteiger partial charge < -0.3 is 9.64 Å². The largest absolute Gasteiger partial charge is 0.462 e. The lowest BCUT2D eigenvalue weighted by atomic mass is 9.88. The molecule has 0 N–H and O–H groups in total. The van der Waals surface area contributed by atoms with Gasteiger partial charge in [-0.25, -0.2) is 0 Å². The smallest absolute Gasteiger partial charge is 0.198 e. The van der Waals surface area contributed by atoms with Gasteiger partial charge >= 0.3 is 0 Å². The molecule has 0 saturated carbocycles. The second-order valence-corrected chi connectivity index (χ2v) is 11.0. The number of likely N-dealkylation sites (N-methyl/N-ethyl adjacent to an activating group) is 1. The molecule has 2 aliphatic heterocycles. The minimum atomic E-state index is -0.235. The van der Waals surface area contributed by atoms with E-state index in [-0.39, 0.29) is 22.7 Å². The molecule has 0 aromatic heterocycles. The number of fused-ring (bicyclic) bond motifs is 3. The highest BCUT2D eigenvalue weighted by molar-refractivity contribution is 6.41. The molecule has 194 valence electrons. The van der Waals surface area contributed by atoms with E-state index in [1.807, 2.05) is 55.5 Å². The maximum Gasteiger partial charge on any atom is 0.198 e. The highest BCUT2D eigenvalue weighted by Gasteiger charge is 2.36. The molecule has 3 aromatic rings. The van der Waals surface area contributed by atoms with Gasteiger partial charge in [-0.2, -0.15) is 0 Å². The first-order valence-electron chi connectivity index (χ1n) is 13.4. The Morgan fingerprint density at radius 2 is 1.51 bits per heavy atom. The van der Waals surface area contributed by atoms with Crippen molar-refractivity contribution >= 4 is 39.7 Å². The number of ether oxygens (including phenoxy) is 1. The van der Waals surface area contributed by atoms with E-state index >= 15 is 0 Å². The van der Waals surface area contributed by atoms with Gasteiger partial charge in [-0.05, 0) is 105 Å². The topological polar surface area (TPSA) is 46.6 Å². The maximum atomic E-state index is 13.4. The summed E-state index contributed by atoms with van der Waals surface area (Å²) in [4.78, 5) is 29.2. The summed E-state index contributed by atoms with van der Waals surface area (Å²) < 4.78 is 5.96. The molecule has 4 heteroatoms. The summed E-state index contributed by atoms with van der Waals surface area (Å²) in [6.07, 6.45) is 9.78. The quantitative estimate of drug-likeness (QED) is 0.262. The van der Waals surface area contributed by atoms with E-state index in [1.165, 1.54) is 16.8 Å². The zero-order valence-electron chi connectivity index (χ0n) is 23.0. The third-order valence-corrected chi connectivity index (χ3v) is 7.81. The fourth-order valence-electron chi connectivity index (χ4n) is 6.10. The SMILES string of the molecule is CCN1c2ccc(C=CC3=CC(=C4C(=O)c5cc6ccccc6cc5C4=O)C=C(C)O3)cc2C(C)=CC1(C)C. The minimum Gasteiger partial charge on any atom is -0.462 e. The molecule has 0 spiro atoms. The fourth-order valence-corrected chi connectivity index (χ4v) is 6.10. The number of Topliss-reactive ketones (excluding diaryl/α,β-unsaturated/α-hetero) is 2. The summed E-state index contributed by atoms with van der Waals surface area (Å²) >= 11 is 0. The zero-order valence-corrected chi connectivity index (χ0v) is 23.0.